The van der Waals surface area contributed by atoms with Gasteiger partial charge in [0.15, 0.2) is 16.5 Å². The summed E-state index contributed by atoms with van der Waals surface area (Å²) in [5.74, 6) is 1.79. The lowest BCUT2D eigenvalue weighted by Gasteiger charge is -2.13. The predicted octanol–water partition coefficient (Wildman–Crippen LogP) is 2.59. The van der Waals surface area contributed by atoms with Gasteiger partial charge in [0.2, 0.25) is 0 Å². The third-order valence-corrected chi connectivity index (χ3v) is 5.62. The zero-order chi connectivity index (χ0) is 18.3. The van der Waals surface area contributed by atoms with Crippen LogP contribution in [-0.4, -0.2) is 32.2 Å². The van der Waals surface area contributed by atoms with E-state index in [0.29, 0.717) is 29.4 Å². The molecule has 7 nitrogen and oxygen atoms in total. The highest BCUT2D eigenvalue weighted by Gasteiger charge is 2.30. The fraction of sp³-hybridized carbons (Fsp3) is 0.167. The molecule has 0 saturated heterocycles. The van der Waals surface area contributed by atoms with Crippen molar-refractivity contribution >= 4 is 15.7 Å². The summed E-state index contributed by atoms with van der Waals surface area (Å²) < 4.78 is 40.7. The number of rotatable bonds is 5. The summed E-state index contributed by atoms with van der Waals surface area (Å²) in [4.78, 5) is 4.29. The van der Waals surface area contributed by atoms with Crippen LogP contribution in [0.2, 0.25) is 0 Å². The average Bonchev–Trinajstić information content (AvgIpc) is 3.20. The molecule has 0 radical (unpaired) electrons. The van der Waals surface area contributed by atoms with E-state index in [1.165, 1.54) is 6.20 Å². The Morgan fingerprint density at radius 3 is 2.46 bits per heavy atom. The maximum atomic E-state index is 12.9. The number of anilines is 1. The van der Waals surface area contributed by atoms with Gasteiger partial charge in [-0.25, -0.2) is 4.98 Å². The Kier molecular flexibility index (Phi) is 3.84. The van der Waals surface area contributed by atoms with E-state index < -0.39 is 10.0 Å². The van der Waals surface area contributed by atoms with Gasteiger partial charge in [0.05, 0.1) is 26.1 Å². The molecule has 0 amide bonds. The molecule has 0 unspecified atom stereocenters. The normalized spacial score (nSPS) is 12.4. The molecular weight excluding hydrogens is 354 g/mol. The third kappa shape index (κ3) is 2.59. The average molecular weight is 371 g/mol. The van der Waals surface area contributed by atoms with Gasteiger partial charge in [-0.15, -0.1) is 0 Å². The molecule has 1 aromatic heterocycles. The van der Waals surface area contributed by atoms with Gasteiger partial charge in [0.1, 0.15) is 5.82 Å². The first-order chi connectivity index (χ1) is 12.5. The molecule has 4 rings (SSSR count). The van der Waals surface area contributed by atoms with Gasteiger partial charge in [-0.3, -0.25) is 9.29 Å². The zero-order valence-electron chi connectivity index (χ0n) is 14.3. The molecule has 2 aromatic carbocycles. The lowest BCUT2D eigenvalue weighted by atomic mass is 10.1. The van der Waals surface area contributed by atoms with Crippen LogP contribution in [0, 0.1) is 0 Å². The van der Waals surface area contributed by atoms with Crippen molar-refractivity contribution < 1.29 is 17.9 Å². The number of hydrogen-bond donors (Lipinski definition) is 1. The Morgan fingerprint density at radius 2 is 1.77 bits per heavy atom. The Balaban J connectivity index is 1.80. The highest BCUT2D eigenvalue weighted by Crippen LogP contribution is 2.38. The first-order valence-corrected chi connectivity index (χ1v) is 9.41. The molecule has 1 aliphatic rings. The van der Waals surface area contributed by atoms with Crippen LogP contribution in [0.3, 0.4) is 0 Å². The smallest absolute Gasteiger partial charge is 0.279 e. The van der Waals surface area contributed by atoms with Crippen molar-refractivity contribution in [3.8, 4) is 17.2 Å². The van der Waals surface area contributed by atoms with Crippen LogP contribution < -0.4 is 14.2 Å². The molecule has 1 N–H and O–H groups in total. The molecule has 8 heteroatoms. The van der Waals surface area contributed by atoms with Crippen molar-refractivity contribution in [3.05, 3.63) is 60.0 Å². The van der Waals surface area contributed by atoms with Crippen molar-refractivity contribution in [3.63, 3.8) is 0 Å². The van der Waals surface area contributed by atoms with E-state index in [4.69, 9.17) is 9.47 Å². The highest BCUT2D eigenvalue weighted by molar-refractivity contribution is 7.92. The van der Waals surface area contributed by atoms with Crippen molar-refractivity contribution in [2.75, 3.05) is 18.9 Å². The topological polar surface area (TPSA) is 82.5 Å². The number of fused-ring (bicyclic) bond motifs is 3. The number of para-hydroxylation sites is 1. The number of ether oxygens (including phenoxy) is 2. The van der Waals surface area contributed by atoms with Crippen LogP contribution >= 0.6 is 0 Å². The molecule has 2 heterocycles. The van der Waals surface area contributed by atoms with E-state index in [9.17, 15) is 8.42 Å². The monoisotopic (exact) mass is 371 g/mol. The molecule has 0 bridgehead atoms. The number of sulfonamides is 1. The van der Waals surface area contributed by atoms with Gasteiger partial charge in [0, 0.05) is 18.2 Å². The van der Waals surface area contributed by atoms with E-state index >= 15 is 0 Å². The van der Waals surface area contributed by atoms with Crippen LogP contribution in [0.1, 0.15) is 11.4 Å². The highest BCUT2D eigenvalue weighted by atomic mass is 32.2. The van der Waals surface area contributed by atoms with E-state index in [1.807, 2.05) is 12.1 Å². The predicted molar refractivity (Wildman–Crippen MR) is 96.7 cm³/mol. The summed E-state index contributed by atoms with van der Waals surface area (Å²) in [5, 5.41) is 0.0855. The summed E-state index contributed by atoms with van der Waals surface area (Å²) in [6.45, 7) is 0. The minimum Gasteiger partial charge on any atom is -0.493 e. The molecular formula is C18H17N3O4S. The van der Waals surface area contributed by atoms with Crippen molar-refractivity contribution in [1.82, 2.24) is 9.55 Å². The van der Waals surface area contributed by atoms with Gasteiger partial charge in [-0.2, -0.15) is 8.42 Å². The molecule has 1 aliphatic heterocycles. The number of aromatic nitrogens is 2. The quantitative estimate of drug-likeness (QED) is 0.583. The van der Waals surface area contributed by atoms with E-state index in [2.05, 4.69) is 9.71 Å². The fourth-order valence-electron chi connectivity index (χ4n) is 3.09. The Labute approximate surface area is 151 Å². The second kappa shape index (κ2) is 6.06. The van der Waals surface area contributed by atoms with Crippen molar-refractivity contribution in [1.29, 1.82) is 0 Å². The zero-order valence-corrected chi connectivity index (χ0v) is 15.1. The number of nitrogens with zero attached hydrogens (tertiary/aromatic N) is 2. The maximum absolute atomic E-state index is 12.9. The fourth-order valence-corrected chi connectivity index (χ4v) is 4.28. The van der Waals surface area contributed by atoms with Gasteiger partial charge in [0.25, 0.3) is 10.0 Å². The molecule has 0 spiro atoms. The third-order valence-electron chi connectivity index (χ3n) is 4.28. The van der Waals surface area contributed by atoms with Gasteiger partial charge < -0.3 is 9.47 Å². The Morgan fingerprint density at radius 1 is 1.08 bits per heavy atom. The number of nitrogens with one attached hydrogen (secondary N) is 1. The standard InChI is InChI=1S/C18H17N3O4S/c1-24-15-8-12-9-17-19-11-18(21(17)14(12)10-16(15)25-2)26(22,23)20-13-6-4-3-5-7-13/h3-8,10-11,20H,9H2,1-2H3. The van der Waals surface area contributed by atoms with Crippen LogP contribution in [0.4, 0.5) is 5.69 Å². The largest absolute Gasteiger partial charge is 0.493 e. The van der Waals surface area contributed by atoms with Crippen molar-refractivity contribution in [2.24, 2.45) is 0 Å². The summed E-state index contributed by atoms with van der Waals surface area (Å²) in [5.41, 5.74) is 2.15. The number of imidazole rings is 1. The van der Waals surface area contributed by atoms with Crippen LogP contribution in [0.25, 0.3) is 5.69 Å². The maximum Gasteiger partial charge on any atom is 0.279 e. The summed E-state index contributed by atoms with van der Waals surface area (Å²) in [6, 6.07) is 12.4. The van der Waals surface area contributed by atoms with Gasteiger partial charge in [-0.05, 0) is 23.8 Å². The Bertz CT molecular complexity index is 1080. The first-order valence-electron chi connectivity index (χ1n) is 7.93. The summed E-state index contributed by atoms with van der Waals surface area (Å²) in [7, 11) is -0.684. The SMILES string of the molecule is COc1cc2c(cc1OC)-n1c(S(=O)(=O)Nc3ccccc3)cnc1C2. The lowest BCUT2D eigenvalue weighted by molar-refractivity contribution is 0.354. The van der Waals surface area contributed by atoms with E-state index in [-0.39, 0.29) is 5.03 Å². The lowest BCUT2D eigenvalue weighted by Crippen LogP contribution is -2.16. The summed E-state index contributed by atoms with van der Waals surface area (Å²) >= 11 is 0. The minimum absolute atomic E-state index is 0.0855. The number of methoxy groups -OCH3 is 2. The molecule has 0 atom stereocenters. The Hall–Kier alpha value is -3.00. The summed E-state index contributed by atoms with van der Waals surface area (Å²) in [6.07, 6.45) is 1.90. The molecule has 0 aliphatic carbocycles. The first kappa shape index (κ1) is 16.5. The molecule has 0 saturated carbocycles. The molecule has 3 aromatic rings. The van der Waals surface area contributed by atoms with E-state index in [1.54, 1.807) is 49.1 Å². The van der Waals surface area contributed by atoms with Crippen LogP contribution in [-0.2, 0) is 16.4 Å². The second-order valence-electron chi connectivity index (χ2n) is 5.83. The second-order valence-corrected chi connectivity index (χ2v) is 7.46. The number of benzene rings is 2. The van der Waals surface area contributed by atoms with Crippen LogP contribution in [0.15, 0.2) is 53.7 Å². The molecule has 26 heavy (non-hydrogen) atoms. The molecule has 0 fully saturated rings. The molecule has 134 valence electrons. The van der Waals surface area contributed by atoms with Gasteiger partial charge >= 0.3 is 0 Å². The van der Waals surface area contributed by atoms with Crippen LogP contribution in [0.5, 0.6) is 11.5 Å². The minimum atomic E-state index is -3.79. The van der Waals surface area contributed by atoms with Crippen molar-refractivity contribution in [2.45, 2.75) is 11.4 Å². The van der Waals surface area contributed by atoms with Gasteiger partial charge in [-0.1, -0.05) is 18.2 Å². The van der Waals surface area contributed by atoms with E-state index in [0.717, 1.165) is 11.3 Å². The number of hydrogen-bond acceptors (Lipinski definition) is 5.